The smallest absolute Gasteiger partial charge is 0.302 e. The Bertz CT molecular complexity index is 939. The Morgan fingerprint density at radius 3 is 2.88 bits per heavy atom. The maximum Gasteiger partial charge on any atom is 0.302 e. The van der Waals surface area contributed by atoms with Crippen molar-refractivity contribution in [2.24, 2.45) is 10.2 Å². The largest absolute Gasteiger partial charge is 0.493 e. The number of benzene rings is 2. The first kappa shape index (κ1) is 15.9. The summed E-state index contributed by atoms with van der Waals surface area (Å²) in [5, 5.41) is 18.0. The van der Waals surface area contributed by atoms with E-state index in [1.54, 1.807) is 24.3 Å². The number of azo groups is 1. The maximum atomic E-state index is 13.4. The average molecular weight is 348 g/mol. The summed E-state index contributed by atoms with van der Waals surface area (Å²) in [5.74, 6) is -1.60. The van der Waals surface area contributed by atoms with E-state index >= 15 is 0 Å². The molecule has 0 atom stereocenters. The summed E-state index contributed by atoms with van der Waals surface area (Å²) in [4.78, 5) is 14.4. The Labute approximate surface area is 140 Å². The van der Waals surface area contributed by atoms with Crippen molar-refractivity contribution in [3.05, 3.63) is 53.3 Å². The number of nitrogens with one attached hydrogen (secondary N) is 1. The first-order valence-corrected chi connectivity index (χ1v) is 7.24. The number of carbonyl (C=O) groups excluding carboxylic acids is 1. The first-order valence-electron chi connectivity index (χ1n) is 6.86. The highest BCUT2D eigenvalue weighted by Crippen LogP contribution is 2.36. The molecule has 1 heterocycles. The SMILES string of the molecule is O=C(COc1ccccc1F)N=Nc1c(O)[nH]c2ccc(Cl)cc12. The summed E-state index contributed by atoms with van der Waals surface area (Å²) >= 11 is 5.90. The van der Waals surface area contributed by atoms with Gasteiger partial charge in [-0.05, 0) is 30.3 Å². The highest BCUT2D eigenvalue weighted by atomic mass is 35.5. The molecule has 6 nitrogen and oxygen atoms in total. The van der Waals surface area contributed by atoms with Gasteiger partial charge in [0.25, 0.3) is 0 Å². The van der Waals surface area contributed by atoms with Crippen molar-refractivity contribution in [1.82, 2.24) is 4.98 Å². The van der Waals surface area contributed by atoms with Crippen LogP contribution in [0.2, 0.25) is 5.02 Å². The molecule has 0 aliphatic carbocycles. The number of ether oxygens (including phenoxy) is 1. The van der Waals surface area contributed by atoms with E-state index < -0.39 is 18.3 Å². The number of H-pyrrole nitrogens is 1. The van der Waals surface area contributed by atoms with Crippen LogP contribution in [-0.2, 0) is 4.79 Å². The minimum atomic E-state index is -0.728. The molecular weight excluding hydrogens is 337 g/mol. The van der Waals surface area contributed by atoms with Crippen molar-refractivity contribution in [3.8, 4) is 11.6 Å². The van der Waals surface area contributed by atoms with Crippen molar-refractivity contribution >= 4 is 34.1 Å². The second-order valence-corrected chi connectivity index (χ2v) is 5.26. The van der Waals surface area contributed by atoms with Gasteiger partial charge in [0.05, 0.1) is 5.52 Å². The number of aromatic nitrogens is 1. The lowest BCUT2D eigenvalue weighted by Gasteiger charge is -2.03. The second kappa shape index (κ2) is 6.67. The lowest BCUT2D eigenvalue weighted by atomic mass is 10.2. The number of hydrogen-bond donors (Lipinski definition) is 2. The molecule has 0 spiro atoms. The van der Waals surface area contributed by atoms with Gasteiger partial charge in [-0.2, -0.15) is 0 Å². The van der Waals surface area contributed by atoms with Gasteiger partial charge >= 0.3 is 5.91 Å². The molecule has 0 unspecified atom stereocenters. The summed E-state index contributed by atoms with van der Waals surface area (Å²) in [6.45, 7) is -0.478. The molecule has 8 heteroatoms. The van der Waals surface area contributed by atoms with Gasteiger partial charge in [-0.1, -0.05) is 23.7 Å². The molecule has 1 aromatic heterocycles. The topological polar surface area (TPSA) is 87.0 Å². The molecule has 2 aromatic carbocycles. The highest BCUT2D eigenvalue weighted by molar-refractivity contribution is 6.31. The number of rotatable bonds is 4. The van der Waals surface area contributed by atoms with E-state index in [2.05, 4.69) is 15.2 Å². The standard InChI is InChI=1S/C16H11ClFN3O3/c17-9-5-6-12-10(7-9)15(16(23)19-12)21-20-14(22)8-24-13-4-2-1-3-11(13)18/h1-7,19,23H,8H2. The third-order valence-electron chi connectivity index (χ3n) is 3.16. The van der Waals surface area contributed by atoms with Crippen LogP contribution in [0.5, 0.6) is 11.6 Å². The Morgan fingerprint density at radius 2 is 2.08 bits per heavy atom. The number of hydrogen-bond acceptors (Lipinski definition) is 4. The molecule has 0 radical (unpaired) electrons. The van der Waals surface area contributed by atoms with Gasteiger partial charge < -0.3 is 14.8 Å². The summed E-state index contributed by atoms with van der Waals surface area (Å²) < 4.78 is 18.4. The molecule has 3 aromatic rings. The lowest BCUT2D eigenvalue weighted by molar-refractivity contribution is -0.120. The predicted octanol–water partition coefficient (Wildman–Crippen LogP) is 4.36. The first-order chi connectivity index (χ1) is 11.5. The van der Waals surface area contributed by atoms with Crippen LogP contribution < -0.4 is 4.74 Å². The highest BCUT2D eigenvalue weighted by Gasteiger charge is 2.12. The van der Waals surface area contributed by atoms with Crippen molar-refractivity contribution in [3.63, 3.8) is 0 Å². The molecule has 0 aliphatic heterocycles. The predicted molar refractivity (Wildman–Crippen MR) is 86.4 cm³/mol. The fourth-order valence-electron chi connectivity index (χ4n) is 2.07. The minimum Gasteiger partial charge on any atom is -0.493 e. The van der Waals surface area contributed by atoms with Gasteiger partial charge in [-0.25, -0.2) is 4.39 Å². The Morgan fingerprint density at radius 1 is 1.29 bits per heavy atom. The van der Waals surface area contributed by atoms with Crippen LogP contribution in [-0.4, -0.2) is 22.6 Å². The van der Waals surface area contributed by atoms with Crippen LogP contribution in [0.1, 0.15) is 0 Å². The molecule has 0 bridgehead atoms. The van der Waals surface area contributed by atoms with Crippen LogP contribution in [0.15, 0.2) is 52.7 Å². The fraction of sp³-hybridized carbons (Fsp3) is 0.0625. The zero-order valence-corrected chi connectivity index (χ0v) is 12.9. The van der Waals surface area contributed by atoms with E-state index in [0.29, 0.717) is 15.9 Å². The molecule has 0 aliphatic rings. The third kappa shape index (κ3) is 3.36. The number of carbonyl (C=O) groups is 1. The molecule has 0 fully saturated rings. The second-order valence-electron chi connectivity index (χ2n) is 4.82. The normalized spacial score (nSPS) is 11.2. The van der Waals surface area contributed by atoms with Gasteiger partial charge in [-0.15, -0.1) is 10.2 Å². The number of para-hydroxylation sites is 1. The van der Waals surface area contributed by atoms with Gasteiger partial charge in [0.1, 0.15) is 0 Å². The fourth-order valence-corrected chi connectivity index (χ4v) is 2.24. The van der Waals surface area contributed by atoms with Crippen LogP contribution in [0.25, 0.3) is 10.9 Å². The molecule has 24 heavy (non-hydrogen) atoms. The average Bonchev–Trinajstić information content (AvgIpc) is 2.87. The molecule has 2 N–H and O–H groups in total. The summed E-state index contributed by atoms with van der Waals surface area (Å²) in [6, 6.07) is 10.6. The quantitative estimate of drug-likeness (QED) is 0.687. The molecule has 0 saturated heterocycles. The van der Waals surface area contributed by atoms with Crippen LogP contribution in [0.3, 0.4) is 0 Å². The third-order valence-corrected chi connectivity index (χ3v) is 3.40. The van der Waals surface area contributed by atoms with E-state index in [4.69, 9.17) is 16.3 Å². The lowest BCUT2D eigenvalue weighted by Crippen LogP contribution is -2.08. The monoisotopic (exact) mass is 347 g/mol. The molecule has 122 valence electrons. The van der Waals surface area contributed by atoms with Crippen LogP contribution in [0, 0.1) is 5.82 Å². The number of fused-ring (bicyclic) bond motifs is 1. The number of aromatic amines is 1. The van der Waals surface area contributed by atoms with Gasteiger partial charge in [0.15, 0.2) is 23.9 Å². The zero-order chi connectivity index (χ0) is 17.1. The number of amides is 1. The zero-order valence-electron chi connectivity index (χ0n) is 12.2. The minimum absolute atomic E-state index is 0.0530. The van der Waals surface area contributed by atoms with Crippen LogP contribution >= 0.6 is 11.6 Å². The Kier molecular flexibility index (Phi) is 4.43. The molecular formula is C16H11ClFN3O3. The van der Waals surface area contributed by atoms with Crippen molar-refractivity contribution in [1.29, 1.82) is 0 Å². The summed E-state index contributed by atoms with van der Waals surface area (Å²) in [6.07, 6.45) is 0. The number of nitrogens with zero attached hydrogens (tertiary/aromatic N) is 2. The van der Waals surface area contributed by atoms with E-state index in [9.17, 15) is 14.3 Å². The van der Waals surface area contributed by atoms with E-state index in [1.807, 2.05) is 0 Å². The number of aromatic hydroxyl groups is 1. The summed E-state index contributed by atoms with van der Waals surface area (Å²) in [5.41, 5.74) is 0.688. The van der Waals surface area contributed by atoms with E-state index in [-0.39, 0.29) is 17.3 Å². The van der Waals surface area contributed by atoms with Gasteiger partial charge in [0.2, 0.25) is 5.88 Å². The number of halogens is 2. The van der Waals surface area contributed by atoms with Gasteiger partial charge in [-0.3, -0.25) is 4.79 Å². The van der Waals surface area contributed by atoms with Gasteiger partial charge in [0, 0.05) is 10.4 Å². The summed E-state index contributed by atoms with van der Waals surface area (Å²) in [7, 11) is 0. The van der Waals surface area contributed by atoms with Crippen LogP contribution in [0.4, 0.5) is 10.1 Å². The van der Waals surface area contributed by atoms with Crippen molar-refractivity contribution in [2.75, 3.05) is 6.61 Å². The maximum absolute atomic E-state index is 13.4. The van der Waals surface area contributed by atoms with E-state index in [1.165, 1.54) is 18.2 Å². The Hall–Kier alpha value is -2.93. The van der Waals surface area contributed by atoms with Crippen molar-refractivity contribution in [2.45, 2.75) is 0 Å². The van der Waals surface area contributed by atoms with Crippen molar-refractivity contribution < 1.29 is 19.0 Å². The van der Waals surface area contributed by atoms with E-state index in [0.717, 1.165) is 0 Å². The molecule has 0 saturated carbocycles. The molecule has 1 amide bonds. The molecule has 3 rings (SSSR count). The Balaban J connectivity index is 1.74.